The molecule has 1 fully saturated rings. The number of piperazine rings is 1. The first-order valence-electron chi connectivity index (χ1n) is 10.3. The van der Waals surface area contributed by atoms with Crippen LogP contribution in [0.3, 0.4) is 0 Å². The Labute approximate surface area is 189 Å². The summed E-state index contributed by atoms with van der Waals surface area (Å²) in [6, 6.07) is 7.33. The number of aromatic nitrogens is 5. The monoisotopic (exact) mass is 446 g/mol. The summed E-state index contributed by atoms with van der Waals surface area (Å²) >= 11 is 1.49. The molecule has 0 atom stereocenters. The Kier molecular flexibility index (Phi) is 5.46. The van der Waals surface area contributed by atoms with E-state index in [2.05, 4.69) is 47.3 Å². The number of pyridine rings is 3. The standard InChI is InChI=1S/C22H22N8OS/c1-14-27-28-22(32-14)18-9-16-10-19(25-13-17(16)12-24-18)26-21(31)15-3-4-23-20(11-15)30-7-5-29(2)6-8-30/h3-4,9-13H,5-8H2,1-2H3,(H,25,26,31). The normalized spacial score (nSPS) is 14.6. The predicted octanol–water partition coefficient (Wildman–Crippen LogP) is 2.86. The Morgan fingerprint density at radius 2 is 1.81 bits per heavy atom. The second-order valence-electron chi connectivity index (χ2n) is 7.76. The van der Waals surface area contributed by atoms with Crippen molar-refractivity contribution in [1.82, 2.24) is 30.0 Å². The van der Waals surface area contributed by atoms with E-state index in [4.69, 9.17) is 0 Å². The molecule has 10 heteroatoms. The van der Waals surface area contributed by atoms with Gasteiger partial charge in [0, 0.05) is 55.7 Å². The number of nitrogens with zero attached hydrogens (tertiary/aromatic N) is 7. The first kappa shape index (κ1) is 20.4. The third-order valence-electron chi connectivity index (χ3n) is 5.42. The van der Waals surface area contributed by atoms with Crippen molar-refractivity contribution in [3.63, 3.8) is 0 Å². The van der Waals surface area contributed by atoms with Gasteiger partial charge in [-0.3, -0.25) is 9.78 Å². The Bertz CT molecular complexity index is 1280. The molecular formula is C22H22N8OS. The number of likely N-dealkylation sites (N-methyl/N-ethyl adjacent to an activating group) is 1. The molecule has 1 amide bonds. The SMILES string of the molecule is Cc1nnc(-c2cc3cc(NC(=O)c4ccnc(N5CCN(C)CC5)c4)ncc3cn2)s1. The van der Waals surface area contributed by atoms with Crippen LogP contribution in [-0.4, -0.2) is 69.2 Å². The van der Waals surface area contributed by atoms with Crippen LogP contribution in [0.25, 0.3) is 21.5 Å². The highest BCUT2D eigenvalue weighted by molar-refractivity contribution is 7.14. The van der Waals surface area contributed by atoms with Crippen molar-refractivity contribution in [1.29, 1.82) is 0 Å². The van der Waals surface area contributed by atoms with Crippen LogP contribution in [-0.2, 0) is 0 Å². The van der Waals surface area contributed by atoms with Crippen LogP contribution in [0.5, 0.6) is 0 Å². The molecule has 0 saturated carbocycles. The van der Waals surface area contributed by atoms with Gasteiger partial charge in [0.05, 0.1) is 0 Å². The molecule has 4 aromatic heterocycles. The summed E-state index contributed by atoms with van der Waals surface area (Å²) in [7, 11) is 2.11. The van der Waals surface area contributed by atoms with Gasteiger partial charge in [-0.1, -0.05) is 11.3 Å². The summed E-state index contributed by atoms with van der Waals surface area (Å²) in [5, 5.41) is 14.6. The second kappa shape index (κ2) is 8.56. The Morgan fingerprint density at radius 1 is 1.00 bits per heavy atom. The lowest BCUT2D eigenvalue weighted by molar-refractivity contribution is 0.102. The van der Waals surface area contributed by atoms with Crippen LogP contribution in [0.2, 0.25) is 0 Å². The first-order valence-corrected chi connectivity index (χ1v) is 11.1. The van der Waals surface area contributed by atoms with E-state index in [1.54, 1.807) is 24.7 Å². The fraction of sp³-hybridized carbons (Fsp3) is 0.273. The van der Waals surface area contributed by atoms with E-state index in [1.807, 2.05) is 25.1 Å². The third-order valence-corrected chi connectivity index (χ3v) is 6.29. The van der Waals surface area contributed by atoms with Crippen LogP contribution >= 0.6 is 11.3 Å². The molecule has 4 aromatic rings. The fourth-order valence-electron chi connectivity index (χ4n) is 3.58. The van der Waals surface area contributed by atoms with Crippen molar-refractivity contribution in [2.24, 2.45) is 0 Å². The number of hydrogen-bond donors (Lipinski definition) is 1. The van der Waals surface area contributed by atoms with Crippen LogP contribution in [0.15, 0.2) is 42.9 Å². The maximum atomic E-state index is 12.9. The minimum atomic E-state index is -0.219. The molecule has 0 aliphatic carbocycles. The average molecular weight is 447 g/mol. The van der Waals surface area contributed by atoms with Crippen molar-refractivity contribution in [3.05, 3.63) is 53.4 Å². The van der Waals surface area contributed by atoms with E-state index in [0.717, 1.165) is 58.5 Å². The molecule has 1 N–H and O–H groups in total. The van der Waals surface area contributed by atoms with E-state index in [-0.39, 0.29) is 5.91 Å². The number of carbonyl (C=O) groups excluding carboxylic acids is 1. The number of nitrogens with one attached hydrogen (secondary N) is 1. The summed E-state index contributed by atoms with van der Waals surface area (Å²) in [5.41, 5.74) is 1.30. The molecule has 1 saturated heterocycles. The summed E-state index contributed by atoms with van der Waals surface area (Å²) in [5.74, 6) is 1.08. The largest absolute Gasteiger partial charge is 0.354 e. The molecular weight excluding hydrogens is 424 g/mol. The van der Waals surface area contributed by atoms with E-state index in [9.17, 15) is 4.79 Å². The molecule has 5 heterocycles. The van der Waals surface area contributed by atoms with E-state index in [1.165, 1.54) is 11.3 Å². The lowest BCUT2D eigenvalue weighted by atomic mass is 10.2. The molecule has 0 bridgehead atoms. The predicted molar refractivity (Wildman–Crippen MR) is 125 cm³/mol. The van der Waals surface area contributed by atoms with Gasteiger partial charge in [-0.15, -0.1) is 10.2 Å². The lowest BCUT2D eigenvalue weighted by Crippen LogP contribution is -2.44. The minimum absolute atomic E-state index is 0.219. The Morgan fingerprint density at radius 3 is 2.59 bits per heavy atom. The molecule has 9 nitrogen and oxygen atoms in total. The van der Waals surface area contributed by atoms with Gasteiger partial charge in [0.15, 0.2) is 5.01 Å². The number of fused-ring (bicyclic) bond motifs is 1. The van der Waals surface area contributed by atoms with Crippen LogP contribution in [0, 0.1) is 6.92 Å². The maximum absolute atomic E-state index is 12.9. The number of aryl methyl sites for hydroxylation is 1. The summed E-state index contributed by atoms with van der Waals surface area (Å²) in [6.07, 6.45) is 5.14. The van der Waals surface area contributed by atoms with Gasteiger partial charge in [0.1, 0.15) is 22.3 Å². The topological polar surface area (TPSA) is 100 Å². The number of rotatable bonds is 4. The van der Waals surface area contributed by atoms with Gasteiger partial charge >= 0.3 is 0 Å². The quantitative estimate of drug-likeness (QED) is 0.511. The zero-order valence-electron chi connectivity index (χ0n) is 17.8. The van der Waals surface area contributed by atoms with E-state index in [0.29, 0.717) is 11.4 Å². The Balaban J connectivity index is 1.36. The fourth-order valence-corrected chi connectivity index (χ4v) is 4.24. The van der Waals surface area contributed by atoms with Crippen LogP contribution < -0.4 is 10.2 Å². The molecule has 0 spiro atoms. The molecule has 0 aromatic carbocycles. The van der Waals surface area contributed by atoms with Gasteiger partial charge in [-0.25, -0.2) is 9.97 Å². The first-order chi connectivity index (χ1) is 15.5. The second-order valence-corrected chi connectivity index (χ2v) is 8.94. The van der Waals surface area contributed by atoms with E-state index < -0.39 is 0 Å². The van der Waals surface area contributed by atoms with E-state index >= 15 is 0 Å². The van der Waals surface area contributed by atoms with Gasteiger partial charge in [0.25, 0.3) is 5.91 Å². The third kappa shape index (κ3) is 4.27. The minimum Gasteiger partial charge on any atom is -0.354 e. The summed E-state index contributed by atoms with van der Waals surface area (Å²) in [6.45, 7) is 5.66. The molecule has 1 aliphatic heterocycles. The van der Waals surface area contributed by atoms with Crippen molar-refractivity contribution < 1.29 is 4.79 Å². The van der Waals surface area contributed by atoms with Crippen molar-refractivity contribution in [3.8, 4) is 10.7 Å². The van der Waals surface area contributed by atoms with Crippen LogP contribution in [0.1, 0.15) is 15.4 Å². The maximum Gasteiger partial charge on any atom is 0.257 e. The van der Waals surface area contributed by atoms with Gasteiger partial charge in [0.2, 0.25) is 0 Å². The molecule has 32 heavy (non-hydrogen) atoms. The van der Waals surface area contributed by atoms with Gasteiger partial charge in [-0.05, 0) is 43.6 Å². The number of hydrogen-bond acceptors (Lipinski definition) is 9. The number of carbonyl (C=O) groups is 1. The molecule has 0 unspecified atom stereocenters. The lowest BCUT2D eigenvalue weighted by Gasteiger charge is -2.33. The summed E-state index contributed by atoms with van der Waals surface area (Å²) in [4.78, 5) is 30.7. The van der Waals surface area contributed by atoms with Crippen molar-refractivity contribution >= 4 is 39.7 Å². The average Bonchev–Trinajstić information content (AvgIpc) is 3.25. The van der Waals surface area contributed by atoms with Crippen LogP contribution in [0.4, 0.5) is 11.6 Å². The number of amides is 1. The highest BCUT2D eigenvalue weighted by Gasteiger charge is 2.17. The molecule has 0 radical (unpaired) electrons. The van der Waals surface area contributed by atoms with Crippen molar-refractivity contribution in [2.75, 3.05) is 43.4 Å². The highest BCUT2D eigenvalue weighted by Crippen LogP contribution is 2.25. The highest BCUT2D eigenvalue weighted by atomic mass is 32.1. The van der Waals surface area contributed by atoms with Gasteiger partial charge < -0.3 is 15.1 Å². The zero-order chi connectivity index (χ0) is 22.1. The number of anilines is 2. The Hall–Kier alpha value is -3.50. The smallest absolute Gasteiger partial charge is 0.257 e. The molecule has 5 rings (SSSR count). The molecule has 162 valence electrons. The zero-order valence-corrected chi connectivity index (χ0v) is 18.6. The van der Waals surface area contributed by atoms with Crippen molar-refractivity contribution in [2.45, 2.75) is 6.92 Å². The summed E-state index contributed by atoms with van der Waals surface area (Å²) < 4.78 is 0. The molecule has 1 aliphatic rings. The van der Waals surface area contributed by atoms with Gasteiger partial charge in [-0.2, -0.15) is 0 Å².